The standard InChI is InChI=1S/C17H27N3O4S/c1-3-7-14(18)17(21)19-13-8-9-15(24-4-2)16(12-13)25(22,23)20-10-5-6-11-20/h8-9,12,14H,3-7,10-11,18H2,1-2H3,(H,19,21). The van der Waals surface area contributed by atoms with Crippen LogP contribution in [0.25, 0.3) is 0 Å². The molecule has 7 nitrogen and oxygen atoms in total. The van der Waals surface area contributed by atoms with E-state index in [9.17, 15) is 13.2 Å². The van der Waals surface area contributed by atoms with Gasteiger partial charge >= 0.3 is 0 Å². The molecule has 25 heavy (non-hydrogen) atoms. The topological polar surface area (TPSA) is 102 Å². The van der Waals surface area contributed by atoms with Gasteiger partial charge in [-0.05, 0) is 44.4 Å². The molecule has 1 aliphatic rings. The molecule has 1 saturated heterocycles. The van der Waals surface area contributed by atoms with Crippen molar-refractivity contribution in [1.82, 2.24) is 4.31 Å². The molecule has 1 unspecified atom stereocenters. The number of benzene rings is 1. The number of carbonyl (C=O) groups excluding carboxylic acids is 1. The van der Waals surface area contributed by atoms with Crippen molar-refractivity contribution < 1.29 is 17.9 Å². The number of nitrogens with zero attached hydrogens (tertiary/aromatic N) is 1. The van der Waals surface area contributed by atoms with Gasteiger partial charge in [0.15, 0.2) is 0 Å². The van der Waals surface area contributed by atoms with Crippen molar-refractivity contribution in [2.45, 2.75) is 50.5 Å². The lowest BCUT2D eigenvalue weighted by Crippen LogP contribution is -2.35. The zero-order valence-electron chi connectivity index (χ0n) is 14.8. The fraction of sp³-hybridized carbons (Fsp3) is 0.588. The van der Waals surface area contributed by atoms with Crippen LogP contribution in [0.1, 0.15) is 39.5 Å². The second-order valence-corrected chi connectivity index (χ2v) is 8.00. The van der Waals surface area contributed by atoms with Crippen LogP contribution in [0.3, 0.4) is 0 Å². The number of hydrogen-bond donors (Lipinski definition) is 2. The Hall–Kier alpha value is -1.64. The van der Waals surface area contributed by atoms with Gasteiger partial charge in [-0.25, -0.2) is 8.42 Å². The van der Waals surface area contributed by atoms with E-state index in [0.717, 1.165) is 19.3 Å². The number of sulfonamides is 1. The van der Waals surface area contributed by atoms with Crippen molar-refractivity contribution in [3.05, 3.63) is 18.2 Å². The molecule has 1 atom stereocenters. The van der Waals surface area contributed by atoms with Crippen LogP contribution in [-0.2, 0) is 14.8 Å². The average Bonchev–Trinajstić information content (AvgIpc) is 3.12. The Morgan fingerprint density at radius 3 is 2.60 bits per heavy atom. The third kappa shape index (κ3) is 4.71. The SMILES string of the molecule is CCCC(N)C(=O)Nc1ccc(OCC)c(S(=O)(=O)N2CCCC2)c1. The quantitative estimate of drug-likeness (QED) is 0.729. The highest BCUT2D eigenvalue weighted by Crippen LogP contribution is 2.31. The Bertz CT molecular complexity index is 700. The van der Waals surface area contributed by atoms with Crippen LogP contribution < -0.4 is 15.8 Å². The predicted molar refractivity (Wildman–Crippen MR) is 97.1 cm³/mol. The number of rotatable bonds is 8. The molecule has 1 heterocycles. The lowest BCUT2D eigenvalue weighted by Gasteiger charge is -2.19. The van der Waals surface area contributed by atoms with E-state index in [-0.39, 0.29) is 10.8 Å². The van der Waals surface area contributed by atoms with Crippen LogP contribution in [-0.4, -0.2) is 44.4 Å². The number of anilines is 1. The second kappa shape index (κ2) is 8.64. The van der Waals surface area contributed by atoms with Gasteiger partial charge in [0.05, 0.1) is 12.6 Å². The maximum atomic E-state index is 12.9. The first-order valence-corrected chi connectivity index (χ1v) is 10.2. The third-order valence-electron chi connectivity index (χ3n) is 4.13. The van der Waals surface area contributed by atoms with E-state index in [0.29, 0.717) is 37.6 Å². The number of nitrogens with two attached hydrogens (primary N) is 1. The van der Waals surface area contributed by atoms with Gasteiger partial charge in [-0.2, -0.15) is 4.31 Å². The number of nitrogens with one attached hydrogen (secondary N) is 1. The lowest BCUT2D eigenvalue weighted by atomic mass is 10.1. The minimum Gasteiger partial charge on any atom is -0.492 e. The van der Waals surface area contributed by atoms with Crippen molar-refractivity contribution in [2.75, 3.05) is 25.0 Å². The van der Waals surface area contributed by atoms with Gasteiger partial charge in [0.1, 0.15) is 10.6 Å². The summed E-state index contributed by atoms with van der Waals surface area (Å²) in [6.45, 7) is 5.11. The average molecular weight is 369 g/mol. The normalized spacial score (nSPS) is 16.6. The van der Waals surface area contributed by atoms with E-state index in [1.54, 1.807) is 19.1 Å². The van der Waals surface area contributed by atoms with Gasteiger partial charge < -0.3 is 15.8 Å². The zero-order valence-corrected chi connectivity index (χ0v) is 15.6. The van der Waals surface area contributed by atoms with Gasteiger partial charge in [-0.15, -0.1) is 0 Å². The van der Waals surface area contributed by atoms with Gasteiger partial charge in [-0.3, -0.25) is 4.79 Å². The van der Waals surface area contributed by atoms with Gasteiger partial charge in [-0.1, -0.05) is 13.3 Å². The highest BCUT2D eigenvalue weighted by atomic mass is 32.2. The second-order valence-electron chi connectivity index (χ2n) is 6.09. The van der Waals surface area contributed by atoms with Crippen molar-refractivity contribution in [3.63, 3.8) is 0 Å². The minimum absolute atomic E-state index is 0.0816. The largest absolute Gasteiger partial charge is 0.492 e. The molecule has 0 saturated carbocycles. The van der Waals surface area contributed by atoms with Crippen molar-refractivity contribution in [1.29, 1.82) is 0 Å². The van der Waals surface area contributed by atoms with Crippen LogP contribution in [0.15, 0.2) is 23.1 Å². The molecule has 3 N–H and O–H groups in total. The van der Waals surface area contributed by atoms with E-state index in [4.69, 9.17) is 10.5 Å². The van der Waals surface area contributed by atoms with Gasteiger partial charge in [0.2, 0.25) is 15.9 Å². The Morgan fingerprint density at radius 2 is 2.00 bits per heavy atom. The molecular weight excluding hydrogens is 342 g/mol. The van der Waals surface area contributed by atoms with E-state index < -0.39 is 16.1 Å². The first-order chi connectivity index (χ1) is 11.9. The molecular formula is C17H27N3O4S. The summed E-state index contributed by atoms with van der Waals surface area (Å²) in [5.41, 5.74) is 6.21. The fourth-order valence-electron chi connectivity index (χ4n) is 2.81. The molecule has 1 aromatic rings. The van der Waals surface area contributed by atoms with Crippen molar-refractivity contribution in [2.24, 2.45) is 5.73 Å². The molecule has 1 aromatic carbocycles. The third-order valence-corrected chi connectivity index (χ3v) is 6.05. The Morgan fingerprint density at radius 1 is 1.32 bits per heavy atom. The molecule has 2 rings (SSSR count). The highest BCUT2D eigenvalue weighted by Gasteiger charge is 2.30. The summed E-state index contributed by atoms with van der Waals surface area (Å²) in [5.74, 6) is -0.0271. The van der Waals surface area contributed by atoms with Crippen LogP contribution in [0.5, 0.6) is 5.75 Å². The molecule has 0 aliphatic carbocycles. The molecule has 140 valence electrons. The van der Waals surface area contributed by atoms with Gasteiger partial charge in [0.25, 0.3) is 0 Å². The summed E-state index contributed by atoms with van der Waals surface area (Å²) in [5, 5.41) is 2.70. The number of hydrogen-bond acceptors (Lipinski definition) is 5. The van der Waals surface area contributed by atoms with E-state index in [1.165, 1.54) is 10.4 Å². The number of ether oxygens (including phenoxy) is 1. The summed E-state index contributed by atoms with van der Waals surface area (Å²) >= 11 is 0. The first-order valence-electron chi connectivity index (χ1n) is 8.73. The summed E-state index contributed by atoms with van der Waals surface area (Å²) < 4.78 is 32.8. The zero-order chi connectivity index (χ0) is 18.4. The van der Waals surface area contributed by atoms with Crippen LogP contribution in [0.4, 0.5) is 5.69 Å². The fourth-order valence-corrected chi connectivity index (χ4v) is 4.48. The summed E-state index contributed by atoms with van der Waals surface area (Å²) in [4.78, 5) is 12.2. The minimum atomic E-state index is -3.65. The van der Waals surface area contributed by atoms with E-state index >= 15 is 0 Å². The molecule has 1 fully saturated rings. The number of carbonyl (C=O) groups is 1. The van der Waals surface area contributed by atoms with Crippen LogP contribution >= 0.6 is 0 Å². The molecule has 8 heteroatoms. The molecule has 0 aromatic heterocycles. The maximum absolute atomic E-state index is 12.9. The molecule has 0 spiro atoms. The Labute approximate surface area is 149 Å². The van der Waals surface area contributed by atoms with Crippen LogP contribution in [0, 0.1) is 0 Å². The highest BCUT2D eigenvalue weighted by molar-refractivity contribution is 7.89. The van der Waals surface area contributed by atoms with Gasteiger partial charge in [0, 0.05) is 18.8 Å². The van der Waals surface area contributed by atoms with E-state index in [1.807, 2.05) is 6.92 Å². The molecule has 0 radical (unpaired) electrons. The smallest absolute Gasteiger partial charge is 0.246 e. The predicted octanol–water partition coefficient (Wildman–Crippen LogP) is 1.94. The molecule has 1 aliphatic heterocycles. The van der Waals surface area contributed by atoms with E-state index in [2.05, 4.69) is 5.32 Å². The summed E-state index contributed by atoms with van der Waals surface area (Å²) in [6, 6.07) is 4.04. The Kier molecular flexibility index (Phi) is 6.80. The van der Waals surface area contributed by atoms with Crippen molar-refractivity contribution in [3.8, 4) is 5.75 Å². The van der Waals surface area contributed by atoms with Crippen molar-refractivity contribution >= 4 is 21.6 Å². The summed E-state index contributed by atoms with van der Waals surface area (Å²) in [6.07, 6.45) is 3.07. The maximum Gasteiger partial charge on any atom is 0.246 e. The lowest BCUT2D eigenvalue weighted by molar-refractivity contribution is -0.117. The monoisotopic (exact) mass is 369 g/mol. The first kappa shape index (κ1) is 19.7. The number of amides is 1. The Balaban J connectivity index is 2.31. The molecule has 0 bridgehead atoms. The summed E-state index contributed by atoms with van der Waals surface area (Å²) in [7, 11) is -3.65. The molecule has 1 amide bonds. The van der Waals surface area contributed by atoms with Crippen LogP contribution in [0.2, 0.25) is 0 Å².